The normalized spacial score (nSPS) is 15.7. The second-order valence-electron chi connectivity index (χ2n) is 6.73. The van der Waals surface area contributed by atoms with E-state index in [4.69, 9.17) is 0 Å². The van der Waals surface area contributed by atoms with E-state index in [-0.39, 0.29) is 0 Å². The fraction of sp³-hybridized carbons (Fsp3) is 1.00. The van der Waals surface area contributed by atoms with Crippen LogP contribution in [0.3, 0.4) is 0 Å². The third-order valence-electron chi connectivity index (χ3n) is 3.73. The van der Waals surface area contributed by atoms with E-state index in [1.807, 2.05) is 0 Å². The molecule has 2 unspecified atom stereocenters. The van der Waals surface area contributed by atoms with Gasteiger partial charge in [0, 0.05) is 12.1 Å². The Morgan fingerprint density at radius 3 is 2.00 bits per heavy atom. The molecule has 110 valence electrons. The average molecular weight is 256 g/mol. The van der Waals surface area contributed by atoms with Crippen LogP contribution in [-0.4, -0.2) is 37.1 Å². The summed E-state index contributed by atoms with van der Waals surface area (Å²) in [6, 6.07) is 1.39. The minimum Gasteiger partial charge on any atom is -0.316 e. The predicted molar refractivity (Wildman–Crippen MR) is 83.1 cm³/mol. The monoisotopic (exact) mass is 256 g/mol. The van der Waals surface area contributed by atoms with E-state index in [2.05, 4.69) is 58.8 Å². The first-order valence-corrected chi connectivity index (χ1v) is 7.77. The topological polar surface area (TPSA) is 15.3 Å². The molecule has 0 aliphatic heterocycles. The molecule has 2 atom stereocenters. The number of hydrogen-bond donors (Lipinski definition) is 1. The zero-order valence-corrected chi connectivity index (χ0v) is 13.8. The molecule has 0 bridgehead atoms. The Hall–Kier alpha value is -0.0800. The molecule has 0 aromatic rings. The fourth-order valence-corrected chi connectivity index (χ4v) is 2.40. The summed E-state index contributed by atoms with van der Waals surface area (Å²) < 4.78 is 0. The van der Waals surface area contributed by atoms with Crippen molar-refractivity contribution in [1.82, 2.24) is 10.2 Å². The molecule has 18 heavy (non-hydrogen) atoms. The molecule has 0 spiro atoms. The molecular formula is C16H36N2. The lowest BCUT2D eigenvalue weighted by Crippen LogP contribution is -2.38. The second-order valence-corrected chi connectivity index (χ2v) is 6.73. The Balaban J connectivity index is 3.70. The maximum Gasteiger partial charge on any atom is 0.00691 e. The molecule has 1 N–H and O–H groups in total. The maximum absolute atomic E-state index is 3.52. The van der Waals surface area contributed by atoms with Gasteiger partial charge in [-0.1, -0.05) is 27.7 Å². The highest BCUT2D eigenvalue weighted by Gasteiger charge is 2.16. The Kier molecular flexibility index (Phi) is 9.76. The Bertz CT molecular complexity index is 190. The lowest BCUT2D eigenvalue weighted by atomic mass is 10.0. The van der Waals surface area contributed by atoms with Crippen molar-refractivity contribution in [2.24, 2.45) is 11.8 Å². The Morgan fingerprint density at radius 1 is 0.889 bits per heavy atom. The van der Waals surface area contributed by atoms with Gasteiger partial charge in [0.05, 0.1) is 0 Å². The first kappa shape index (κ1) is 17.9. The van der Waals surface area contributed by atoms with Gasteiger partial charge in [0.1, 0.15) is 0 Å². The van der Waals surface area contributed by atoms with Crippen LogP contribution in [0.15, 0.2) is 0 Å². The summed E-state index contributed by atoms with van der Waals surface area (Å²) in [6.45, 7) is 16.2. The molecule has 0 rings (SSSR count). The van der Waals surface area contributed by atoms with Crippen molar-refractivity contribution in [1.29, 1.82) is 0 Å². The van der Waals surface area contributed by atoms with Crippen LogP contribution in [-0.2, 0) is 0 Å². The molecule has 0 amide bonds. The third-order valence-corrected chi connectivity index (χ3v) is 3.73. The first-order valence-electron chi connectivity index (χ1n) is 7.77. The van der Waals surface area contributed by atoms with Gasteiger partial charge < -0.3 is 10.2 Å². The summed E-state index contributed by atoms with van der Waals surface area (Å²) in [6.07, 6.45) is 3.88. The van der Waals surface area contributed by atoms with Crippen molar-refractivity contribution >= 4 is 0 Å². The van der Waals surface area contributed by atoms with Gasteiger partial charge in [0.25, 0.3) is 0 Å². The van der Waals surface area contributed by atoms with Crippen LogP contribution < -0.4 is 5.32 Å². The molecule has 0 aromatic carbocycles. The van der Waals surface area contributed by atoms with Crippen LogP contribution in [0.1, 0.15) is 60.8 Å². The van der Waals surface area contributed by atoms with E-state index < -0.39 is 0 Å². The van der Waals surface area contributed by atoms with E-state index in [0.717, 1.165) is 24.9 Å². The Morgan fingerprint density at radius 2 is 1.50 bits per heavy atom. The smallest absolute Gasteiger partial charge is 0.00691 e. The number of hydrogen-bond acceptors (Lipinski definition) is 2. The number of rotatable bonds is 10. The number of nitrogens with one attached hydrogen (secondary N) is 1. The van der Waals surface area contributed by atoms with Crippen LogP contribution in [0.5, 0.6) is 0 Å². The van der Waals surface area contributed by atoms with Gasteiger partial charge in [0.2, 0.25) is 0 Å². The van der Waals surface area contributed by atoms with Crippen LogP contribution in [0.2, 0.25) is 0 Å². The van der Waals surface area contributed by atoms with Crippen LogP contribution >= 0.6 is 0 Å². The SMILES string of the molecule is CC(C)CNCCCC(C)N(C)C(C)CC(C)C. The Labute approximate surface area is 116 Å². The van der Waals surface area contributed by atoms with E-state index in [9.17, 15) is 0 Å². The molecule has 2 heteroatoms. The second kappa shape index (κ2) is 9.80. The molecule has 0 aromatic heterocycles. The summed E-state index contributed by atoms with van der Waals surface area (Å²) in [5, 5.41) is 3.52. The summed E-state index contributed by atoms with van der Waals surface area (Å²) in [5.41, 5.74) is 0. The largest absolute Gasteiger partial charge is 0.316 e. The minimum absolute atomic E-state index is 0.694. The molecule has 0 saturated heterocycles. The highest BCUT2D eigenvalue weighted by molar-refractivity contribution is 4.71. The summed E-state index contributed by atoms with van der Waals surface area (Å²) >= 11 is 0. The summed E-state index contributed by atoms with van der Waals surface area (Å²) in [4.78, 5) is 2.54. The molecule has 2 nitrogen and oxygen atoms in total. The van der Waals surface area contributed by atoms with Crippen LogP contribution in [0.25, 0.3) is 0 Å². The van der Waals surface area contributed by atoms with Gasteiger partial charge in [-0.15, -0.1) is 0 Å². The van der Waals surface area contributed by atoms with Crippen molar-refractivity contribution in [2.75, 3.05) is 20.1 Å². The lowest BCUT2D eigenvalue weighted by Gasteiger charge is -2.32. The van der Waals surface area contributed by atoms with Crippen molar-refractivity contribution in [3.8, 4) is 0 Å². The van der Waals surface area contributed by atoms with Crippen LogP contribution in [0, 0.1) is 11.8 Å². The summed E-state index contributed by atoms with van der Waals surface area (Å²) in [7, 11) is 2.28. The molecule has 0 aliphatic rings. The highest BCUT2D eigenvalue weighted by Crippen LogP contribution is 2.14. The molecule has 0 radical (unpaired) electrons. The standard InChI is InChI=1S/C16H36N2/c1-13(2)11-16(6)18(7)15(5)9-8-10-17-12-14(3)4/h13-17H,8-12H2,1-7H3. The first-order chi connectivity index (χ1) is 8.34. The summed E-state index contributed by atoms with van der Waals surface area (Å²) in [5.74, 6) is 1.55. The molecule has 0 aliphatic carbocycles. The van der Waals surface area contributed by atoms with E-state index in [1.54, 1.807) is 0 Å². The van der Waals surface area contributed by atoms with Crippen molar-refractivity contribution < 1.29 is 0 Å². The lowest BCUT2D eigenvalue weighted by molar-refractivity contribution is 0.166. The van der Waals surface area contributed by atoms with E-state index in [0.29, 0.717) is 12.1 Å². The molecule has 0 fully saturated rings. The molecular weight excluding hydrogens is 220 g/mol. The van der Waals surface area contributed by atoms with Gasteiger partial charge in [-0.3, -0.25) is 0 Å². The van der Waals surface area contributed by atoms with Gasteiger partial charge in [-0.25, -0.2) is 0 Å². The highest BCUT2D eigenvalue weighted by atomic mass is 15.1. The van der Waals surface area contributed by atoms with Gasteiger partial charge in [-0.05, 0) is 65.1 Å². The minimum atomic E-state index is 0.694. The van der Waals surface area contributed by atoms with Crippen LogP contribution in [0.4, 0.5) is 0 Å². The van der Waals surface area contributed by atoms with Gasteiger partial charge >= 0.3 is 0 Å². The van der Waals surface area contributed by atoms with E-state index in [1.165, 1.54) is 19.3 Å². The quantitative estimate of drug-likeness (QED) is 0.599. The fourth-order valence-electron chi connectivity index (χ4n) is 2.40. The number of nitrogens with zero attached hydrogens (tertiary/aromatic N) is 1. The predicted octanol–water partition coefficient (Wildman–Crippen LogP) is 3.77. The molecule has 0 heterocycles. The van der Waals surface area contributed by atoms with Crippen molar-refractivity contribution in [3.05, 3.63) is 0 Å². The zero-order valence-electron chi connectivity index (χ0n) is 13.8. The zero-order chi connectivity index (χ0) is 14.1. The van der Waals surface area contributed by atoms with E-state index >= 15 is 0 Å². The van der Waals surface area contributed by atoms with Gasteiger partial charge in [0.15, 0.2) is 0 Å². The maximum atomic E-state index is 3.52. The van der Waals surface area contributed by atoms with Gasteiger partial charge in [-0.2, -0.15) is 0 Å². The van der Waals surface area contributed by atoms with Crippen molar-refractivity contribution in [3.63, 3.8) is 0 Å². The molecule has 0 saturated carbocycles. The van der Waals surface area contributed by atoms with Crippen molar-refractivity contribution in [2.45, 2.75) is 72.9 Å². The third kappa shape index (κ3) is 8.93. The average Bonchev–Trinajstić information content (AvgIpc) is 2.25.